The van der Waals surface area contributed by atoms with Crippen LogP contribution in [0.3, 0.4) is 0 Å². The van der Waals surface area contributed by atoms with Crippen molar-refractivity contribution >= 4 is 23.3 Å². The van der Waals surface area contributed by atoms with Crippen LogP contribution in [0.5, 0.6) is 11.5 Å². The van der Waals surface area contributed by atoms with Gasteiger partial charge in [-0.15, -0.1) is 0 Å². The topological polar surface area (TPSA) is 52.1 Å². The molecule has 3 rings (SSSR count). The Morgan fingerprint density at radius 1 is 1.20 bits per heavy atom. The van der Waals surface area contributed by atoms with Crippen molar-refractivity contribution in [1.82, 2.24) is 14.5 Å². The van der Waals surface area contributed by atoms with Crippen LogP contribution >= 0.6 is 12.2 Å². The summed E-state index contributed by atoms with van der Waals surface area (Å²) in [5, 5.41) is 0. The van der Waals surface area contributed by atoms with Crippen molar-refractivity contribution in [2.75, 3.05) is 14.2 Å². The molecular weight excluding hydrogens is 274 g/mol. The van der Waals surface area contributed by atoms with Crippen molar-refractivity contribution in [1.29, 1.82) is 0 Å². The molecule has 6 heteroatoms. The summed E-state index contributed by atoms with van der Waals surface area (Å²) in [6.07, 6.45) is 3.47. The molecule has 0 unspecified atom stereocenters. The molecule has 20 heavy (non-hydrogen) atoms. The minimum Gasteiger partial charge on any atom is -0.497 e. The smallest absolute Gasteiger partial charge is 0.182 e. The van der Waals surface area contributed by atoms with Crippen molar-refractivity contribution in [3.8, 4) is 17.2 Å². The van der Waals surface area contributed by atoms with E-state index in [9.17, 15) is 0 Å². The van der Waals surface area contributed by atoms with E-state index in [0.717, 1.165) is 28.2 Å². The highest BCUT2D eigenvalue weighted by Gasteiger charge is 2.12. The zero-order chi connectivity index (χ0) is 14.1. The maximum Gasteiger partial charge on any atom is 0.182 e. The quantitative estimate of drug-likeness (QED) is 0.752. The Kier molecular flexibility index (Phi) is 3.15. The van der Waals surface area contributed by atoms with Crippen LogP contribution < -0.4 is 9.47 Å². The summed E-state index contributed by atoms with van der Waals surface area (Å²) in [5.74, 6) is 1.46. The Labute approximate surface area is 120 Å². The summed E-state index contributed by atoms with van der Waals surface area (Å²) in [4.78, 5) is 7.22. The fourth-order valence-corrected chi connectivity index (χ4v) is 2.48. The number of benzene rings is 1. The van der Waals surface area contributed by atoms with Gasteiger partial charge in [-0.1, -0.05) is 0 Å². The van der Waals surface area contributed by atoms with Crippen LogP contribution in [0.4, 0.5) is 0 Å². The monoisotopic (exact) mass is 287 g/mol. The van der Waals surface area contributed by atoms with Gasteiger partial charge in [0.15, 0.2) is 4.77 Å². The van der Waals surface area contributed by atoms with Crippen molar-refractivity contribution < 1.29 is 9.47 Å². The molecule has 0 saturated carbocycles. The second-order valence-electron chi connectivity index (χ2n) is 4.20. The number of rotatable bonds is 3. The van der Waals surface area contributed by atoms with Gasteiger partial charge in [-0.3, -0.25) is 9.55 Å². The minimum absolute atomic E-state index is 0.583. The number of pyridine rings is 1. The van der Waals surface area contributed by atoms with Gasteiger partial charge in [-0.25, -0.2) is 0 Å². The number of hydrogen-bond acceptors (Lipinski definition) is 4. The molecule has 0 amide bonds. The van der Waals surface area contributed by atoms with Gasteiger partial charge >= 0.3 is 0 Å². The highest BCUT2D eigenvalue weighted by atomic mass is 32.1. The molecule has 0 aliphatic heterocycles. The van der Waals surface area contributed by atoms with Gasteiger partial charge in [0.2, 0.25) is 0 Å². The Morgan fingerprint density at radius 2 is 2.05 bits per heavy atom. The number of nitrogens with one attached hydrogen (secondary N) is 1. The first kappa shape index (κ1) is 12.7. The highest BCUT2D eigenvalue weighted by Crippen LogP contribution is 2.30. The third kappa shape index (κ3) is 1.94. The fourth-order valence-electron chi connectivity index (χ4n) is 2.17. The first-order valence-electron chi connectivity index (χ1n) is 6.01. The van der Waals surface area contributed by atoms with E-state index in [2.05, 4.69) is 9.97 Å². The Bertz CT molecular complexity index is 823. The van der Waals surface area contributed by atoms with Crippen LogP contribution in [0.25, 0.3) is 16.7 Å². The van der Waals surface area contributed by atoms with Gasteiger partial charge in [0.25, 0.3) is 0 Å². The zero-order valence-corrected chi connectivity index (χ0v) is 11.9. The Balaban J connectivity index is 2.35. The van der Waals surface area contributed by atoms with Gasteiger partial charge in [0.05, 0.1) is 37.1 Å². The van der Waals surface area contributed by atoms with Crippen LogP contribution in [0.1, 0.15) is 0 Å². The molecule has 0 fully saturated rings. The maximum atomic E-state index is 5.42. The summed E-state index contributed by atoms with van der Waals surface area (Å²) < 4.78 is 13.2. The molecule has 0 aliphatic rings. The van der Waals surface area contributed by atoms with Gasteiger partial charge in [0.1, 0.15) is 11.5 Å². The molecule has 0 radical (unpaired) electrons. The van der Waals surface area contributed by atoms with E-state index in [4.69, 9.17) is 21.7 Å². The largest absolute Gasteiger partial charge is 0.497 e. The number of imidazole rings is 1. The lowest BCUT2D eigenvalue weighted by molar-refractivity contribution is 0.401. The average Bonchev–Trinajstić information content (AvgIpc) is 2.82. The number of aromatic nitrogens is 3. The van der Waals surface area contributed by atoms with Crippen molar-refractivity contribution in [3.05, 3.63) is 41.4 Å². The average molecular weight is 287 g/mol. The predicted octanol–water partition coefficient (Wildman–Crippen LogP) is 3.10. The molecule has 0 atom stereocenters. The number of nitrogens with zero attached hydrogens (tertiary/aromatic N) is 2. The molecule has 102 valence electrons. The van der Waals surface area contributed by atoms with E-state index in [-0.39, 0.29) is 0 Å². The normalized spacial score (nSPS) is 10.7. The second kappa shape index (κ2) is 4.97. The van der Waals surface area contributed by atoms with Crippen molar-refractivity contribution in [2.24, 2.45) is 0 Å². The van der Waals surface area contributed by atoms with Crippen LogP contribution in [-0.4, -0.2) is 28.8 Å². The summed E-state index contributed by atoms with van der Waals surface area (Å²) in [7, 11) is 3.26. The SMILES string of the molecule is COc1ccc(OC)c(-n2c(=S)[nH]c3cnccc32)c1. The molecule has 2 heterocycles. The van der Waals surface area contributed by atoms with Crippen LogP contribution in [-0.2, 0) is 0 Å². The molecule has 5 nitrogen and oxygen atoms in total. The molecule has 0 saturated heterocycles. The number of fused-ring (bicyclic) bond motifs is 1. The Morgan fingerprint density at radius 3 is 2.80 bits per heavy atom. The lowest BCUT2D eigenvalue weighted by Gasteiger charge is -2.12. The lowest BCUT2D eigenvalue weighted by atomic mass is 10.2. The molecule has 0 aliphatic carbocycles. The summed E-state index contributed by atoms with van der Waals surface area (Å²) in [6.45, 7) is 0. The van der Waals surface area contributed by atoms with Gasteiger partial charge in [0, 0.05) is 12.3 Å². The first-order valence-corrected chi connectivity index (χ1v) is 6.42. The van der Waals surface area contributed by atoms with E-state index >= 15 is 0 Å². The zero-order valence-electron chi connectivity index (χ0n) is 11.1. The molecule has 3 aromatic rings. The molecule has 0 bridgehead atoms. The van der Waals surface area contributed by atoms with Crippen LogP contribution in [0.2, 0.25) is 0 Å². The van der Waals surface area contributed by atoms with E-state index in [1.165, 1.54) is 0 Å². The number of methoxy groups -OCH3 is 2. The molecular formula is C14H13N3O2S. The first-order chi connectivity index (χ1) is 9.74. The predicted molar refractivity (Wildman–Crippen MR) is 79.4 cm³/mol. The maximum absolute atomic E-state index is 5.42. The number of hydrogen-bond donors (Lipinski definition) is 1. The lowest BCUT2D eigenvalue weighted by Crippen LogP contribution is -1.99. The van der Waals surface area contributed by atoms with Crippen molar-refractivity contribution in [3.63, 3.8) is 0 Å². The van der Waals surface area contributed by atoms with Crippen molar-refractivity contribution in [2.45, 2.75) is 0 Å². The number of aromatic amines is 1. The summed E-state index contributed by atoms with van der Waals surface area (Å²) in [5.41, 5.74) is 2.65. The van der Waals surface area contributed by atoms with E-state index in [1.807, 2.05) is 28.8 Å². The highest BCUT2D eigenvalue weighted by molar-refractivity contribution is 7.71. The van der Waals surface area contributed by atoms with Gasteiger partial charge < -0.3 is 14.5 Å². The third-order valence-corrected chi connectivity index (χ3v) is 3.40. The van der Waals surface area contributed by atoms with Gasteiger partial charge in [-0.05, 0) is 30.4 Å². The molecule has 2 aromatic heterocycles. The number of ether oxygens (including phenoxy) is 2. The Hall–Kier alpha value is -2.34. The second-order valence-corrected chi connectivity index (χ2v) is 4.58. The molecule has 0 spiro atoms. The van der Waals surface area contributed by atoms with E-state index in [0.29, 0.717) is 4.77 Å². The van der Waals surface area contributed by atoms with E-state index in [1.54, 1.807) is 26.6 Å². The standard InChI is InChI=1S/C14H13N3O2S/c1-18-9-3-4-13(19-2)12(7-9)17-11-5-6-15-8-10(11)16-14(17)20/h3-8H,1-2H3,(H,16,20). The summed E-state index contributed by atoms with van der Waals surface area (Å²) in [6, 6.07) is 7.50. The van der Waals surface area contributed by atoms with Gasteiger partial charge in [-0.2, -0.15) is 0 Å². The van der Waals surface area contributed by atoms with Crippen LogP contribution in [0, 0.1) is 4.77 Å². The molecule has 1 N–H and O–H groups in total. The number of H-pyrrole nitrogens is 1. The molecule has 1 aromatic carbocycles. The summed E-state index contributed by atoms with van der Waals surface area (Å²) >= 11 is 5.41. The fraction of sp³-hybridized carbons (Fsp3) is 0.143. The minimum atomic E-state index is 0.583. The third-order valence-electron chi connectivity index (χ3n) is 3.11. The van der Waals surface area contributed by atoms with Crippen LogP contribution in [0.15, 0.2) is 36.7 Å². The van der Waals surface area contributed by atoms with E-state index < -0.39 is 0 Å².